The summed E-state index contributed by atoms with van der Waals surface area (Å²) in [5.74, 6) is 0.227. The Balaban J connectivity index is 2.54. The summed E-state index contributed by atoms with van der Waals surface area (Å²) in [5, 5.41) is 12.4. The van der Waals surface area contributed by atoms with Gasteiger partial charge in [0, 0.05) is 5.92 Å². The van der Waals surface area contributed by atoms with Crippen molar-refractivity contribution in [3.8, 4) is 0 Å². The van der Waals surface area contributed by atoms with Gasteiger partial charge in [-0.2, -0.15) is 0 Å². The summed E-state index contributed by atoms with van der Waals surface area (Å²) < 4.78 is 0. The van der Waals surface area contributed by atoms with E-state index in [1.807, 2.05) is 13.8 Å². The van der Waals surface area contributed by atoms with Crippen LogP contribution >= 0.6 is 0 Å². The third kappa shape index (κ3) is 2.94. The lowest BCUT2D eigenvalue weighted by Crippen LogP contribution is -2.51. The SMILES string of the molecule is CCC(CC)C(=O)NC1(CO)CCCC1. The highest BCUT2D eigenvalue weighted by Crippen LogP contribution is 2.29. The molecule has 0 aromatic rings. The lowest BCUT2D eigenvalue weighted by Gasteiger charge is -2.29. The third-order valence-electron chi connectivity index (χ3n) is 3.61. The largest absolute Gasteiger partial charge is 0.394 e. The average molecular weight is 213 g/mol. The second-order valence-corrected chi connectivity index (χ2v) is 4.65. The minimum atomic E-state index is -0.306. The highest BCUT2D eigenvalue weighted by atomic mass is 16.3. The van der Waals surface area contributed by atoms with Crippen LogP contribution in [0.15, 0.2) is 0 Å². The Bertz CT molecular complexity index is 206. The number of carbonyl (C=O) groups is 1. The number of aliphatic hydroxyl groups is 1. The van der Waals surface area contributed by atoms with Gasteiger partial charge in [-0.25, -0.2) is 0 Å². The summed E-state index contributed by atoms with van der Waals surface area (Å²) >= 11 is 0. The van der Waals surface area contributed by atoms with Crippen LogP contribution in [-0.2, 0) is 4.79 Å². The second kappa shape index (κ2) is 5.50. The topological polar surface area (TPSA) is 49.3 Å². The van der Waals surface area contributed by atoms with Gasteiger partial charge in [0.15, 0.2) is 0 Å². The maximum atomic E-state index is 11.9. The van der Waals surface area contributed by atoms with Crippen molar-refractivity contribution in [1.82, 2.24) is 5.32 Å². The van der Waals surface area contributed by atoms with Gasteiger partial charge in [0.25, 0.3) is 0 Å². The van der Waals surface area contributed by atoms with Gasteiger partial charge in [0.1, 0.15) is 0 Å². The average Bonchev–Trinajstić information content (AvgIpc) is 2.69. The Morgan fingerprint density at radius 2 is 1.87 bits per heavy atom. The first-order chi connectivity index (χ1) is 7.17. The molecule has 1 amide bonds. The van der Waals surface area contributed by atoms with Crippen LogP contribution < -0.4 is 5.32 Å². The summed E-state index contributed by atoms with van der Waals surface area (Å²) in [7, 11) is 0. The molecule has 1 saturated carbocycles. The molecule has 0 saturated heterocycles. The van der Waals surface area contributed by atoms with E-state index in [0.717, 1.165) is 38.5 Å². The van der Waals surface area contributed by atoms with E-state index in [0.29, 0.717) is 0 Å². The summed E-state index contributed by atoms with van der Waals surface area (Å²) in [5.41, 5.74) is -0.306. The van der Waals surface area contributed by atoms with Crippen molar-refractivity contribution in [3.63, 3.8) is 0 Å². The molecule has 1 fully saturated rings. The number of carbonyl (C=O) groups excluding carboxylic acids is 1. The molecule has 2 N–H and O–H groups in total. The Hall–Kier alpha value is -0.570. The first-order valence-electron chi connectivity index (χ1n) is 6.10. The van der Waals surface area contributed by atoms with Crippen LogP contribution in [0, 0.1) is 5.92 Å². The van der Waals surface area contributed by atoms with E-state index in [1.54, 1.807) is 0 Å². The number of hydrogen-bond donors (Lipinski definition) is 2. The molecule has 0 spiro atoms. The molecule has 0 unspecified atom stereocenters. The Kier molecular flexibility index (Phi) is 4.58. The Labute approximate surface area is 92.3 Å². The number of amides is 1. The molecule has 0 aromatic heterocycles. The Morgan fingerprint density at radius 3 is 2.27 bits per heavy atom. The number of rotatable bonds is 5. The highest BCUT2D eigenvalue weighted by Gasteiger charge is 2.35. The quantitative estimate of drug-likeness (QED) is 0.732. The fourth-order valence-electron chi connectivity index (χ4n) is 2.40. The van der Waals surface area contributed by atoms with Gasteiger partial charge in [0.2, 0.25) is 5.91 Å². The van der Waals surface area contributed by atoms with Crippen molar-refractivity contribution in [2.24, 2.45) is 5.92 Å². The predicted molar refractivity (Wildman–Crippen MR) is 60.5 cm³/mol. The molecule has 0 heterocycles. The maximum absolute atomic E-state index is 11.9. The lowest BCUT2D eigenvalue weighted by molar-refractivity contribution is -0.127. The number of aliphatic hydroxyl groups excluding tert-OH is 1. The molecule has 0 aromatic carbocycles. The molecule has 0 radical (unpaired) electrons. The van der Waals surface area contributed by atoms with Crippen LogP contribution in [0.1, 0.15) is 52.4 Å². The van der Waals surface area contributed by atoms with E-state index < -0.39 is 0 Å². The molecule has 1 aliphatic carbocycles. The van der Waals surface area contributed by atoms with Crippen LogP contribution in [0.5, 0.6) is 0 Å². The van der Waals surface area contributed by atoms with Crippen LogP contribution in [0.2, 0.25) is 0 Å². The van der Waals surface area contributed by atoms with Crippen LogP contribution in [0.4, 0.5) is 0 Å². The summed E-state index contributed by atoms with van der Waals surface area (Å²) in [4.78, 5) is 11.9. The lowest BCUT2D eigenvalue weighted by atomic mass is 9.95. The summed E-state index contributed by atoms with van der Waals surface area (Å²) in [6.45, 7) is 4.15. The smallest absolute Gasteiger partial charge is 0.223 e. The van der Waals surface area contributed by atoms with Crippen molar-refractivity contribution in [1.29, 1.82) is 0 Å². The molecule has 0 bridgehead atoms. The summed E-state index contributed by atoms with van der Waals surface area (Å²) in [6, 6.07) is 0. The predicted octanol–water partition coefficient (Wildman–Crippen LogP) is 1.84. The molecule has 0 atom stereocenters. The molecule has 3 heteroatoms. The molecular formula is C12H23NO2. The molecule has 0 aliphatic heterocycles. The van der Waals surface area contributed by atoms with Crippen molar-refractivity contribution in [2.75, 3.05) is 6.61 Å². The zero-order valence-electron chi connectivity index (χ0n) is 9.88. The normalized spacial score (nSPS) is 19.5. The molecule has 15 heavy (non-hydrogen) atoms. The molecule has 88 valence electrons. The zero-order chi connectivity index (χ0) is 11.3. The van der Waals surface area contributed by atoms with Gasteiger partial charge in [-0.1, -0.05) is 26.7 Å². The van der Waals surface area contributed by atoms with Crippen molar-refractivity contribution in [3.05, 3.63) is 0 Å². The number of nitrogens with one attached hydrogen (secondary N) is 1. The first-order valence-corrected chi connectivity index (χ1v) is 6.10. The summed E-state index contributed by atoms with van der Waals surface area (Å²) in [6.07, 6.45) is 5.84. The van der Waals surface area contributed by atoms with Gasteiger partial charge in [0.05, 0.1) is 12.1 Å². The standard InChI is InChI=1S/C12H23NO2/c1-3-10(4-2)11(15)13-12(9-14)7-5-6-8-12/h10,14H,3-9H2,1-2H3,(H,13,15). The van der Waals surface area contributed by atoms with Gasteiger partial charge in [-0.15, -0.1) is 0 Å². The molecule has 1 rings (SSSR count). The van der Waals surface area contributed by atoms with E-state index >= 15 is 0 Å². The van der Waals surface area contributed by atoms with E-state index in [1.165, 1.54) is 0 Å². The fourth-order valence-corrected chi connectivity index (χ4v) is 2.40. The fraction of sp³-hybridized carbons (Fsp3) is 0.917. The Morgan fingerprint density at radius 1 is 1.33 bits per heavy atom. The van der Waals surface area contributed by atoms with Gasteiger partial charge in [-0.3, -0.25) is 4.79 Å². The number of hydrogen-bond acceptors (Lipinski definition) is 2. The molecular weight excluding hydrogens is 190 g/mol. The van der Waals surface area contributed by atoms with Gasteiger partial charge >= 0.3 is 0 Å². The van der Waals surface area contributed by atoms with Crippen LogP contribution in [0.25, 0.3) is 0 Å². The highest BCUT2D eigenvalue weighted by molar-refractivity contribution is 5.79. The first kappa shape index (κ1) is 12.5. The van der Waals surface area contributed by atoms with Gasteiger partial charge < -0.3 is 10.4 Å². The van der Waals surface area contributed by atoms with Crippen LogP contribution in [0.3, 0.4) is 0 Å². The van der Waals surface area contributed by atoms with E-state index in [9.17, 15) is 9.90 Å². The minimum Gasteiger partial charge on any atom is -0.394 e. The van der Waals surface area contributed by atoms with E-state index in [2.05, 4.69) is 5.32 Å². The van der Waals surface area contributed by atoms with Crippen molar-refractivity contribution < 1.29 is 9.90 Å². The third-order valence-corrected chi connectivity index (χ3v) is 3.61. The second-order valence-electron chi connectivity index (χ2n) is 4.65. The minimum absolute atomic E-state index is 0.0822. The van der Waals surface area contributed by atoms with Crippen molar-refractivity contribution >= 4 is 5.91 Å². The van der Waals surface area contributed by atoms with Gasteiger partial charge in [-0.05, 0) is 25.7 Å². The van der Waals surface area contributed by atoms with E-state index in [-0.39, 0.29) is 24.0 Å². The maximum Gasteiger partial charge on any atom is 0.223 e. The zero-order valence-corrected chi connectivity index (χ0v) is 9.88. The van der Waals surface area contributed by atoms with Crippen molar-refractivity contribution in [2.45, 2.75) is 57.9 Å². The van der Waals surface area contributed by atoms with E-state index in [4.69, 9.17) is 0 Å². The monoisotopic (exact) mass is 213 g/mol. The molecule has 3 nitrogen and oxygen atoms in total. The molecule has 1 aliphatic rings. The van der Waals surface area contributed by atoms with Crippen LogP contribution in [-0.4, -0.2) is 23.2 Å².